The first-order valence-electron chi connectivity index (χ1n) is 6.28. The summed E-state index contributed by atoms with van der Waals surface area (Å²) in [5.74, 6) is 0. The molecule has 1 heteroatoms. The van der Waals surface area contributed by atoms with E-state index in [9.17, 15) is 0 Å². The molecule has 0 unspecified atom stereocenters. The molecule has 0 aliphatic heterocycles. The number of hydrogen-bond acceptors (Lipinski definition) is 0. The molecule has 0 fully saturated rings. The van der Waals surface area contributed by atoms with E-state index in [2.05, 4.69) is 50.3 Å². The molecule has 0 aliphatic rings. The summed E-state index contributed by atoms with van der Waals surface area (Å²) in [6.45, 7) is 4.54. The van der Waals surface area contributed by atoms with Gasteiger partial charge in [0.1, 0.15) is 0 Å². The first kappa shape index (κ1) is 13.5. The molecule has 0 heterocycles. The molecule has 0 bridgehead atoms. The molecule has 0 aliphatic carbocycles. The van der Waals surface area contributed by atoms with Gasteiger partial charge in [0.25, 0.3) is 0 Å². The van der Waals surface area contributed by atoms with Gasteiger partial charge in [0.2, 0.25) is 0 Å². The second-order valence-electron chi connectivity index (χ2n) is 3.93. The van der Waals surface area contributed by atoms with Gasteiger partial charge in [-0.25, -0.2) is 0 Å². The van der Waals surface area contributed by atoms with Crippen LogP contribution in [-0.4, -0.2) is 15.0 Å². The molecule has 1 aromatic carbocycles. The Bertz CT molecular complexity index is 300. The van der Waals surface area contributed by atoms with E-state index in [4.69, 9.17) is 0 Å². The molecule has 0 aromatic heterocycles. The molecule has 1 aromatic rings. The van der Waals surface area contributed by atoms with E-state index in [-0.39, 0.29) is 0 Å². The normalized spacial score (nSPS) is 11.8. The quantitative estimate of drug-likeness (QED) is 0.525. The van der Waals surface area contributed by atoms with Crippen LogP contribution in [0.4, 0.5) is 0 Å². The third-order valence-electron chi connectivity index (χ3n) is 2.52. The molecule has 0 saturated carbocycles. The van der Waals surface area contributed by atoms with Crippen molar-refractivity contribution in [2.24, 2.45) is 0 Å². The van der Waals surface area contributed by atoms with Crippen molar-refractivity contribution in [1.82, 2.24) is 0 Å². The van der Waals surface area contributed by atoms with Crippen molar-refractivity contribution in [3.8, 4) is 0 Å². The van der Waals surface area contributed by atoms with Crippen molar-refractivity contribution in [1.29, 1.82) is 0 Å². The summed E-state index contributed by atoms with van der Waals surface area (Å²) in [5.41, 5.74) is 0. The first-order valence-corrected chi connectivity index (χ1v) is 8.00. The van der Waals surface area contributed by atoms with Crippen LogP contribution in [0.2, 0.25) is 0 Å². The zero-order valence-electron chi connectivity index (χ0n) is 10.4. The van der Waals surface area contributed by atoms with Crippen LogP contribution in [0.25, 0.3) is 0 Å². The van der Waals surface area contributed by atoms with Crippen LogP contribution in [0.1, 0.15) is 46.0 Å². The molecule has 0 nitrogen and oxygen atoms in total. The fourth-order valence-electron chi connectivity index (χ4n) is 1.56. The molecule has 0 radical (unpaired) electrons. The zero-order valence-corrected chi connectivity index (χ0v) is 12.1. The van der Waals surface area contributed by atoms with Crippen molar-refractivity contribution in [3.05, 3.63) is 40.9 Å². The minimum atomic E-state index is 0.544. The topological polar surface area (TPSA) is 0 Å². The maximum atomic E-state index is 2.47. The van der Waals surface area contributed by atoms with E-state index in [0.29, 0.717) is 15.0 Å². The van der Waals surface area contributed by atoms with Crippen molar-refractivity contribution < 1.29 is 0 Å². The average molecular weight is 281 g/mol. The molecular weight excluding hydrogens is 259 g/mol. The third kappa shape index (κ3) is 5.53. The van der Waals surface area contributed by atoms with Crippen LogP contribution in [0.5, 0.6) is 0 Å². The Balaban J connectivity index is 2.42. The van der Waals surface area contributed by atoms with Gasteiger partial charge in [-0.15, -0.1) is 0 Å². The zero-order chi connectivity index (χ0) is 11.6. The summed E-state index contributed by atoms with van der Waals surface area (Å²) < 4.78 is 3.15. The van der Waals surface area contributed by atoms with Gasteiger partial charge in [0.15, 0.2) is 0 Å². The molecule has 0 N–H and O–H groups in total. The maximum absolute atomic E-state index is 2.47. The Morgan fingerprint density at radius 1 is 1.12 bits per heavy atom. The molecule has 0 saturated heterocycles. The number of unbranched alkanes of at least 4 members (excludes halogenated alkanes) is 3. The van der Waals surface area contributed by atoms with Crippen molar-refractivity contribution in [2.45, 2.75) is 46.0 Å². The van der Waals surface area contributed by atoms with E-state index < -0.39 is 0 Å². The number of allylic oxidation sites excluding steroid dienone is 2. The Kier molecular flexibility index (Phi) is 7.29. The van der Waals surface area contributed by atoms with Gasteiger partial charge in [0.05, 0.1) is 0 Å². The summed E-state index contributed by atoms with van der Waals surface area (Å²) >= 11 is 0.544. The monoisotopic (exact) mass is 282 g/mol. The van der Waals surface area contributed by atoms with Gasteiger partial charge < -0.3 is 0 Å². The van der Waals surface area contributed by atoms with Crippen LogP contribution in [0, 0.1) is 0 Å². The number of rotatable bonds is 7. The minimum absolute atomic E-state index is 0.544. The van der Waals surface area contributed by atoms with Crippen LogP contribution in [0.15, 0.2) is 40.9 Å². The van der Waals surface area contributed by atoms with E-state index in [1.54, 1.807) is 4.47 Å². The fraction of sp³-hybridized carbons (Fsp3) is 0.467. The van der Waals surface area contributed by atoms with Gasteiger partial charge in [-0.3, -0.25) is 0 Å². The van der Waals surface area contributed by atoms with Crippen LogP contribution in [0.3, 0.4) is 0 Å². The van der Waals surface area contributed by atoms with E-state index in [0.717, 1.165) is 0 Å². The standard InChI is InChI=1S/C15H22Se/c1-3-5-6-8-11-14(4-2)16-15-12-9-7-10-13-15/h7,9-13H,3-6,8H2,1-2H3/b14-11+. The van der Waals surface area contributed by atoms with E-state index in [1.807, 2.05) is 0 Å². The molecule has 0 atom stereocenters. The molecule has 88 valence electrons. The van der Waals surface area contributed by atoms with Crippen LogP contribution < -0.4 is 4.46 Å². The summed E-state index contributed by atoms with van der Waals surface area (Å²) in [5, 5.41) is 0. The molecule has 0 amide bonds. The van der Waals surface area contributed by atoms with Gasteiger partial charge >= 0.3 is 106 Å². The number of hydrogen-bond donors (Lipinski definition) is 0. The predicted molar refractivity (Wildman–Crippen MR) is 74.3 cm³/mol. The van der Waals surface area contributed by atoms with Gasteiger partial charge in [-0.2, -0.15) is 0 Å². The Hall–Kier alpha value is -0.521. The predicted octanol–water partition coefficient (Wildman–Crippen LogP) is 3.89. The Morgan fingerprint density at radius 2 is 1.88 bits per heavy atom. The van der Waals surface area contributed by atoms with Crippen molar-refractivity contribution >= 4 is 19.4 Å². The summed E-state index contributed by atoms with van der Waals surface area (Å²) in [7, 11) is 0. The van der Waals surface area contributed by atoms with E-state index in [1.165, 1.54) is 36.6 Å². The Labute approximate surface area is 106 Å². The SMILES string of the molecule is CCCCC/C=C(\CC)[Se]c1ccccc1. The van der Waals surface area contributed by atoms with Crippen LogP contribution >= 0.6 is 0 Å². The van der Waals surface area contributed by atoms with E-state index >= 15 is 0 Å². The number of benzene rings is 1. The fourth-order valence-corrected chi connectivity index (χ4v) is 3.53. The second-order valence-corrected chi connectivity index (χ2v) is 6.45. The summed E-state index contributed by atoms with van der Waals surface area (Å²) in [6, 6.07) is 10.9. The molecule has 16 heavy (non-hydrogen) atoms. The second kappa shape index (κ2) is 8.61. The van der Waals surface area contributed by atoms with Gasteiger partial charge in [0, 0.05) is 0 Å². The van der Waals surface area contributed by atoms with Crippen LogP contribution in [-0.2, 0) is 0 Å². The third-order valence-corrected chi connectivity index (χ3v) is 5.09. The van der Waals surface area contributed by atoms with Crippen molar-refractivity contribution in [2.75, 3.05) is 0 Å². The summed E-state index contributed by atoms with van der Waals surface area (Å²) in [6.07, 6.45) is 8.99. The van der Waals surface area contributed by atoms with Gasteiger partial charge in [-0.1, -0.05) is 0 Å². The first-order chi connectivity index (χ1) is 7.86. The summed E-state index contributed by atoms with van der Waals surface area (Å²) in [4.78, 5) is 0. The molecular formula is C15H22Se. The van der Waals surface area contributed by atoms with Gasteiger partial charge in [-0.05, 0) is 0 Å². The average Bonchev–Trinajstić information content (AvgIpc) is 2.34. The molecule has 1 rings (SSSR count). The van der Waals surface area contributed by atoms with Crippen molar-refractivity contribution in [3.63, 3.8) is 0 Å². The Morgan fingerprint density at radius 3 is 2.50 bits per heavy atom. The molecule has 0 spiro atoms.